The summed E-state index contributed by atoms with van der Waals surface area (Å²) in [5.74, 6) is -0.627. The number of ether oxygens (including phenoxy) is 10. The molecule has 12 heteroatoms. The van der Waals surface area contributed by atoms with E-state index in [-0.39, 0.29) is 26.4 Å². The number of carbonyl (C=O) groups excluding carboxylic acids is 1. The fraction of sp³-hybridized carbons (Fsp3) is 0.354. The predicted octanol–water partition coefficient (Wildman–Crippen LogP) is 6.56. The first-order chi connectivity index (χ1) is 29.5. The molecule has 12 nitrogen and oxygen atoms in total. The molecule has 3 saturated heterocycles. The molecule has 8 rings (SSSR count). The lowest BCUT2D eigenvalue weighted by molar-refractivity contribution is -0.393. The SMILES string of the molecule is CO[C@@H]1O[C@@H]2COC(c3ccccc3)O[C@H]2[C@H](O[C@H]2O[C@H](COCc3ccccc3)[C@@H](OCc3ccccc3)[C@H](OCc3ccccc3)[C@@H]2OC(=O)c2ccccc2)[C@H]1O. The van der Waals surface area contributed by atoms with Crippen LogP contribution in [0.4, 0.5) is 0 Å². The highest BCUT2D eigenvalue weighted by Crippen LogP contribution is 2.39. The Morgan fingerprint density at radius 2 is 1.17 bits per heavy atom. The smallest absolute Gasteiger partial charge is 0.338 e. The topological polar surface area (TPSA) is 130 Å². The van der Waals surface area contributed by atoms with Crippen molar-refractivity contribution >= 4 is 5.97 Å². The minimum Gasteiger partial charge on any atom is -0.450 e. The van der Waals surface area contributed by atoms with Crippen LogP contribution in [0.1, 0.15) is 38.9 Å². The molecule has 0 bridgehead atoms. The van der Waals surface area contributed by atoms with Crippen LogP contribution < -0.4 is 0 Å². The lowest BCUT2D eigenvalue weighted by atomic mass is 9.95. The van der Waals surface area contributed by atoms with Gasteiger partial charge in [-0.2, -0.15) is 0 Å². The fourth-order valence-corrected chi connectivity index (χ4v) is 7.65. The molecule has 0 spiro atoms. The van der Waals surface area contributed by atoms with Crippen molar-refractivity contribution < 1.29 is 57.3 Å². The number of aliphatic hydroxyl groups is 1. The zero-order valence-electron chi connectivity index (χ0n) is 33.3. The number of benzene rings is 5. The summed E-state index contributed by atoms with van der Waals surface area (Å²) in [4.78, 5) is 14.1. The highest BCUT2D eigenvalue weighted by Gasteiger charge is 2.56. The van der Waals surface area contributed by atoms with Crippen molar-refractivity contribution in [3.63, 3.8) is 0 Å². The van der Waals surface area contributed by atoms with E-state index in [0.717, 1.165) is 22.3 Å². The Kier molecular flexibility index (Phi) is 14.4. The van der Waals surface area contributed by atoms with E-state index in [1.165, 1.54) is 7.11 Å². The van der Waals surface area contributed by atoms with Crippen LogP contribution in [0.15, 0.2) is 152 Å². The van der Waals surface area contributed by atoms with Gasteiger partial charge in [0.2, 0.25) is 0 Å². The number of hydrogen-bond acceptors (Lipinski definition) is 12. The second-order valence-electron chi connectivity index (χ2n) is 14.8. The number of methoxy groups -OCH3 is 1. The molecule has 5 aromatic rings. The molecule has 3 heterocycles. The van der Waals surface area contributed by atoms with Gasteiger partial charge in [0.1, 0.15) is 42.7 Å². The molecular formula is C48H50O12. The molecule has 3 aliphatic heterocycles. The molecule has 3 aliphatic rings. The van der Waals surface area contributed by atoms with Crippen LogP contribution in [0.25, 0.3) is 0 Å². The van der Waals surface area contributed by atoms with Gasteiger partial charge in [0, 0.05) is 12.7 Å². The Morgan fingerprint density at radius 3 is 1.77 bits per heavy atom. The van der Waals surface area contributed by atoms with Crippen molar-refractivity contribution in [1.82, 2.24) is 0 Å². The van der Waals surface area contributed by atoms with E-state index in [9.17, 15) is 9.90 Å². The molecule has 1 N–H and O–H groups in total. The van der Waals surface area contributed by atoms with Crippen LogP contribution >= 0.6 is 0 Å². The van der Waals surface area contributed by atoms with Gasteiger partial charge >= 0.3 is 5.97 Å². The Morgan fingerprint density at radius 1 is 0.617 bits per heavy atom. The third kappa shape index (κ3) is 10.4. The van der Waals surface area contributed by atoms with E-state index in [0.29, 0.717) is 12.2 Å². The maximum atomic E-state index is 14.1. The van der Waals surface area contributed by atoms with Crippen LogP contribution in [-0.2, 0) is 67.2 Å². The van der Waals surface area contributed by atoms with E-state index in [1.54, 1.807) is 24.3 Å². The van der Waals surface area contributed by atoms with Gasteiger partial charge in [-0.05, 0) is 28.8 Å². The molecule has 5 aromatic carbocycles. The number of esters is 1. The van der Waals surface area contributed by atoms with E-state index in [2.05, 4.69) is 0 Å². The van der Waals surface area contributed by atoms with E-state index in [1.807, 2.05) is 127 Å². The molecule has 0 radical (unpaired) electrons. The maximum Gasteiger partial charge on any atom is 0.338 e. The van der Waals surface area contributed by atoms with Crippen molar-refractivity contribution in [2.24, 2.45) is 0 Å². The normalized spacial score (nSPS) is 29.0. The first-order valence-electron chi connectivity index (χ1n) is 20.2. The van der Waals surface area contributed by atoms with Gasteiger partial charge in [-0.1, -0.05) is 140 Å². The number of hydrogen-bond donors (Lipinski definition) is 1. The molecule has 1 unspecified atom stereocenters. The molecule has 11 atom stereocenters. The second kappa shape index (κ2) is 20.6. The van der Waals surface area contributed by atoms with E-state index >= 15 is 0 Å². The van der Waals surface area contributed by atoms with Gasteiger partial charge in [-0.25, -0.2) is 4.79 Å². The first kappa shape index (κ1) is 41.9. The van der Waals surface area contributed by atoms with Crippen LogP contribution in [0.3, 0.4) is 0 Å². The first-order valence-corrected chi connectivity index (χ1v) is 20.2. The van der Waals surface area contributed by atoms with Gasteiger partial charge < -0.3 is 52.5 Å². The lowest BCUT2D eigenvalue weighted by Gasteiger charge is -2.50. The van der Waals surface area contributed by atoms with Crippen molar-refractivity contribution in [2.75, 3.05) is 20.3 Å². The number of aliphatic hydroxyl groups excluding tert-OH is 1. The molecule has 0 amide bonds. The summed E-state index contributed by atoms with van der Waals surface area (Å²) in [5, 5.41) is 11.9. The third-order valence-corrected chi connectivity index (χ3v) is 10.7. The van der Waals surface area contributed by atoms with Crippen LogP contribution in [0.5, 0.6) is 0 Å². The quantitative estimate of drug-likeness (QED) is 0.108. The van der Waals surface area contributed by atoms with Gasteiger partial charge in [-0.3, -0.25) is 0 Å². The summed E-state index contributed by atoms with van der Waals surface area (Å²) < 4.78 is 64.4. The zero-order valence-corrected chi connectivity index (χ0v) is 33.3. The average molecular weight is 819 g/mol. The summed E-state index contributed by atoms with van der Waals surface area (Å²) in [6, 6.07) is 47.4. The Labute approximate surface area is 349 Å². The summed E-state index contributed by atoms with van der Waals surface area (Å²) >= 11 is 0. The summed E-state index contributed by atoms with van der Waals surface area (Å²) in [7, 11) is 1.44. The minimum atomic E-state index is -1.36. The average Bonchev–Trinajstić information content (AvgIpc) is 3.30. The largest absolute Gasteiger partial charge is 0.450 e. The van der Waals surface area contributed by atoms with Gasteiger partial charge in [0.05, 0.1) is 38.6 Å². The highest BCUT2D eigenvalue weighted by atomic mass is 16.8. The lowest BCUT2D eigenvalue weighted by Crippen LogP contribution is -2.67. The summed E-state index contributed by atoms with van der Waals surface area (Å²) in [6.45, 7) is 0.833. The Hall–Kier alpha value is -4.83. The molecule has 0 saturated carbocycles. The van der Waals surface area contributed by atoms with Gasteiger partial charge in [0.15, 0.2) is 25.0 Å². The molecular weight excluding hydrogens is 769 g/mol. The maximum absolute atomic E-state index is 14.1. The van der Waals surface area contributed by atoms with Gasteiger partial charge in [0.25, 0.3) is 0 Å². The standard InChI is InChI=1S/C48H50O12/c1-51-47-39(49)42(41-38(56-47)31-55-46(59-41)36-25-15-6-16-26-36)60-48-44(58-45(50)35-23-13-5-14-24-35)43(54-29-34-21-11-4-12-22-34)40(53-28-33-19-9-3-10-20-33)37(57-48)30-52-27-32-17-7-2-8-18-32/h2-26,37-44,46-49H,27-31H2,1H3/t37-,38-,39-,40-,41-,42-,43+,44+,46?,47-,48-/m1/s1. The van der Waals surface area contributed by atoms with Crippen LogP contribution in [0, 0.1) is 0 Å². The van der Waals surface area contributed by atoms with E-state index in [4.69, 9.17) is 47.4 Å². The second-order valence-corrected chi connectivity index (χ2v) is 14.8. The third-order valence-electron chi connectivity index (χ3n) is 10.7. The molecule has 60 heavy (non-hydrogen) atoms. The molecule has 3 fully saturated rings. The van der Waals surface area contributed by atoms with Crippen LogP contribution in [0.2, 0.25) is 0 Å². The Balaban J connectivity index is 1.16. The minimum absolute atomic E-state index is 0.0578. The van der Waals surface area contributed by atoms with E-state index < -0.39 is 73.7 Å². The van der Waals surface area contributed by atoms with Gasteiger partial charge in [-0.15, -0.1) is 0 Å². The van der Waals surface area contributed by atoms with Crippen LogP contribution in [-0.4, -0.2) is 92.8 Å². The van der Waals surface area contributed by atoms with Crippen molar-refractivity contribution in [1.29, 1.82) is 0 Å². The molecule has 314 valence electrons. The monoisotopic (exact) mass is 818 g/mol. The predicted molar refractivity (Wildman–Crippen MR) is 217 cm³/mol. The van der Waals surface area contributed by atoms with Crippen molar-refractivity contribution in [2.45, 2.75) is 87.5 Å². The molecule has 0 aromatic heterocycles. The highest BCUT2D eigenvalue weighted by molar-refractivity contribution is 5.89. The summed E-state index contributed by atoms with van der Waals surface area (Å²) in [5.41, 5.74) is 3.89. The summed E-state index contributed by atoms with van der Waals surface area (Å²) in [6.07, 6.45) is -11.1. The van der Waals surface area contributed by atoms with Crippen molar-refractivity contribution in [3.8, 4) is 0 Å². The zero-order chi connectivity index (χ0) is 41.1. The number of fused-ring (bicyclic) bond motifs is 1. The number of rotatable bonds is 16. The number of carbonyl (C=O) groups is 1. The fourth-order valence-electron chi connectivity index (χ4n) is 7.65. The Bertz CT molecular complexity index is 2030. The van der Waals surface area contributed by atoms with Crippen molar-refractivity contribution in [3.05, 3.63) is 179 Å². The molecule has 0 aliphatic carbocycles.